The zero-order valence-corrected chi connectivity index (χ0v) is 10.6. The minimum atomic E-state index is -2.36. The van der Waals surface area contributed by atoms with Crippen LogP contribution in [0.1, 0.15) is 13.8 Å². The van der Waals surface area contributed by atoms with Gasteiger partial charge in [-0.25, -0.2) is 8.78 Å². The van der Waals surface area contributed by atoms with Crippen LogP contribution in [0.4, 0.5) is 8.78 Å². The maximum atomic E-state index is 11.8. The molecule has 2 atom stereocenters. The lowest BCUT2D eigenvalue weighted by atomic mass is 10.1. The summed E-state index contributed by atoms with van der Waals surface area (Å²) < 4.78 is 28.5. The predicted octanol–water partition coefficient (Wildman–Crippen LogP) is 1.37. The Hall–Kier alpha value is 0.0300. The molecule has 1 aliphatic heterocycles. The molecule has 0 amide bonds. The summed E-state index contributed by atoms with van der Waals surface area (Å²) in [5.74, 6) is 0. The first kappa shape index (κ1) is 16.0. The zero-order chi connectivity index (χ0) is 11.3. The molecule has 0 saturated carbocycles. The SMILES string of the molecule is C[C@@H]1CNC[C@H](C)N1CCOCC(F)F.Cl. The van der Waals surface area contributed by atoms with Gasteiger partial charge in [-0.15, -0.1) is 12.4 Å². The number of nitrogens with zero attached hydrogens (tertiary/aromatic N) is 1. The highest BCUT2D eigenvalue weighted by atomic mass is 35.5. The fraction of sp³-hybridized carbons (Fsp3) is 1.00. The van der Waals surface area contributed by atoms with Gasteiger partial charge in [0.05, 0.1) is 6.61 Å². The molecular weight excluding hydrogens is 238 g/mol. The Bertz CT molecular complexity index is 176. The molecule has 1 N–H and O–H groups in total. The summed E-state index contributed by atoms with van der Waals surface area (Å²) in [5, 5.41) is 3.32. The third-order valence-corrected chi connectivity index (χ3v) is 2.75. The summed E-state index contributed by atoms with van der Waals surface area (Å²) in [6.45, 7) is 6.86. The molecule has 0 spiro atoms. The smallest absolute Gasteiger partial charge is 0.261 e. The number of hydrogen-bond acceptors (Lipinski definition) is 3. The molecule has 6 heteroatoms. The second-order valence-corrected chi connectivity index (χ2v) is 4.06. The van der Waals surface area contributed by atoms with E-state index in [2.05, 4.69) is 24.1 Å². The fourth-order valence-corrected chi connectivity index (χ4v) is 1.95. The van der Waals surface area contributed by atoms with Crippen LogP contribution in [0.5, 0.6) is 0 Å². The van der Waals surface area contributed by atoms with E-state index in [-0.39, 0.29) is 12.4 Å². The summed E-state index contributed by atoms with van der Waals surface area (Å²) in [5.41, 5.74) is 0. The second-order valence-electron chi connectivity index (χ2n) is 4.06. The Labute approximate surface area is 102 Å². The van der Waals surface area contributed by atoms with Crippen LogP contribution in [0.15, 0.2) is 0 Å². The van der Waals surface area contributed by atoms with Gasteiger partial charge in [-0.2, -0.15) is 0 Å². The molecule has 1 heterocycles. The van der Waals surface area contributed by atoms with Crippen molar-refractivity contribution in [3.05, 3.63) is 0 Å². The average Bonchev–Trinajstić information content (AvgIpc) is 2.15. The standard InChI is InChI=1S/C10H20F2N2O.ClH/c1-8-5-13-6-9(2)14(8)3-4-15-7-10(11)12;/h8-10,13H,3-7H2,1-2H3;1H/t8-,9+;. The molecule has 0 unspecified atom stereocenters. The molecule has 98 valence electrons. The highest BCUT2D eigenvalue weighted by Gasteiger charge is 2.23. The third kappa shape index (κ3) is 5.39. The fourth-order valence-electron chi connectivity index (χ4n) is 1.95. The number of nitrogens with one attached hydrogen (secondary N) is 1. The highest BCUT2D eigenvalue weighted by Crippen LogP contribution is 2.08. The van der Waals surface area contributed by atoms with Crippen molar-refractivity contribution in [1.82, 2.24) is 10.2 Å². The van der Waals surface area contributed by atoms with E-state index in [4.69, 9.17) is 4.74 Å². The van der Waals surface area contributed by atoms with Crippen LogP contribution in [0, 0.1) is 0 Å². The van der Waals surface area contributed by atoms with Crippen LogP contribution < -0.4 is 5.32 Å². The van der Waals surface area contributed by atoms with E-state index in [0.29, 0.717) is 18.7 Å². The van der Waals surface area contributed by atoms with Gasteiger partial charge in [-0.05, 0) is 13.8 Å². The lowest BCUT2D eigenvalue weighted by molar-refractivity contribution is -0.00149. The molecule has 1 aliphatic rings. The first-order chi connectivity index (χ1) is 7.11. The molecule has 3 nitrogen and oxygen atoms in total. The van der Waals surface area contributed by atoms with Gasteiger partial charge in [0.25, 0.3) is 6.43 Å². The molecule has 0 radical (unpaired) electrons. The first-order valence-electron chi connectivity index (χ1n) is 5.43. The van der Waals surface area contributed by atoms with E-state index >= 15 is 0 Å². The molecule has 0 aromatic rings. The summed E-state index contributed by atoms with van der Waals surface area (Å²) in [7, 11) is 0. The van der Waals surface area contributed by atoms with E-state index in [0.717, 1.165) is 19.6 Å². The normalized spacial score (nSPS) is 26.8. The van der Waals surface area contributed by atoms with Gasteiger partial charge in [-0.3, -0.25) is 4.90 Å². The van der Waals surface area contributed by atoms with Crippen LogP contribution in [0.3, 0.4) is 0 Å². The lowest BCUT2D eigenvalue weighted by Gasteiger charge is -2.39. The van der Waals surface area contributed by atoms with E-state index in [1.807, 2.05) is 0 Å². The number of halogens is 3. The van der Waals surface area contributed by atoms with Crippen molar-refractivity contribution < 1.29 is 13.5 Å². The summed E-state index contributed by atoms with van der Waals surface area (Å²) in [4.78, 5) is 2.29. The van der Waals surface area contributed by atoms with Crippen molar-refractivity contribution >= 4 is 12.4 Å². The van der Waals surface area contributed by atoms with Crippen molar-refractivity contribution in [3.8, 4) is 0 Å². The quantitative estimate of drug-likeness (QED) is 0.754. The van der Waals surface area contributed by atoms with E-state index < -0.39 is 13.0 Å². The van der Waals surface area contributed by atoms with Crippen molar-refractivity contribution in [1.29, 1.82) is 0 Å². The lowest BCUT2D eigenvalue weighted by Crippen LogP contribution is -2.55. The van der Waals surface area contributed by atoms with Crippen LogP contribution in [0.25, 0.3) is 0 Å². The monoisotopic (exact) mass is 258 g/mol. The van der Waals surface area contributed by atoms with Gasteiger partial charge in [-0.1, -0.05) is 0 Å². The largest absolute Gasteiger partial charge is 0.374 e. The summed E-state index contributed by atoms with van der Waals surface area (Å²) in [6, 6.07) is 0.896. The van der Waals surface area contributed by atoms with Crippen molar-refractivity contribution in [2.45, 2.75) is 32.4 Å². The van der Waals surface area contributed by atoms with Gasteiger partial charge < -0.3 is 10.1 Å². The number of ether oxygens (including phenoxy) is 1. The number of alkyl halides is 2. The van der Waals surface area contributed by atoms with Crippen LogP contribution >= 0.6 is 12.4 Å². The Morgan fingerprint density at radius 1 is 1.31 bits per heavy atom. The molecular formula is C10H21ClF2N2O. The number of rotatable bonds is 5. The van der Waals surface area contributed by atoms with Gasteiger partial charge in [0, 0.05) is 31.7 Å². The van der Waals surface area contributed by atoms with Crippen molar-refractivity contribution in [2.24, 2.45) is 0 Å². The molecule has 0 aliphatic carbocycles. The van der Waals surface area contributed by atoms with E-state index in [1.54, 1.807) is 0 Å². The second kappa shape index (κ2) is 8.17. The minimum absolute atomic E-state index is 0. The predicted molar refractivity (Wildman–Crippen MR) is 62.6 cm³/mol. The van der Waals surface area contributed by atoms with Gasteiger partial charge >= 0.3 is 0 Å². The molecule has 1 saturated heterocycles. The van der Waals surface area contributed by atoms with Crippen molar-refractivity contribution in [3.63, 3.8) is 0 Å². The first-order valence-corrected chi connectivity index (χ1v) is 5.43. The van der Waals surface area contributed by atoms with E-state index in [9.17, 15) is 8.78 Å². The van der Waals surface area contributed by atoms with Crippen LogP contribution in [-0.4, -0.2) is 56.3 Å². The highest BCUT2D eigenvalue weighted by molar-refractivity contribution is 5.85. The molecule has 1 rings (SSSR count). The third-order valence-electron chi connectivity index (χ3n) is 2.75. The zero-order valence-electron chi connectivity index (χ0n) is 9.79. The van der Waals surface area contributed by atoms with Gasteiger partial charge in [0.15, 0.2) is 0 Å². The molecule has 0 aromatic heterocycles. The Morgan fingerprint density at radius 3 is 2.38 bits per heavy atom. The van der Waals surface area contributed by atoms with E-state index in [1.165, 1.54) is 0 Å². The Morgan fingerprint density at radius 2 is 1.88 bits per heavy atom. The molecule has 0 bridgehead atoms. The van der Waals surface area contributed by atoms with Crippen molar-refractivity contribution in [2.75, 3.05) is 32.8 Å². The Balaban J connectivity index is 0.00000225. The van der Waals surface area contributed by atoms with Gasteiger partial charge in [0.2, 0.25) is 0 Å². The molecule has 1 fully saturated rings. The van der Waals surface area contributed by atoms with Gasteiger partial charge in [0.1, 0.15) is 6.61 Å². The average molecular weight is 259 g/mol. The van der Waals surface area contributed by atoms with Crippen LogP contribution in [0.2, 0.25) is 0 Å². The topological polar surface area (TPSA) is 24.5 Å². The Kier molecular flexibility index (Phi) is 8.18. The summed E-state index contributed by atoms with van der Waals surface area (Å²) in [6.07, 6.45) is -2.36. The molecule has 16 heavy (non-hydrogen) atoms. The number of piperazine rings is 1. The summed E-state index contributed by atoms with van der Waals surface area (Å²) >= 11 is 0. The number of hydrogen-bond donors (Lipinski definition) is 1. The molecule has 0 aromatic carbocycles. The minimum Gasteiger partial charge on any atom is -0.374 e. The van der Waals surface area contributed by atoms with Crippen LogP contribution in [-0.2, 0) is 4.74 Å². The maximum absolute atomic E-state index is 11.8. The maximum Gasteiger partial charge on any atom is 0.261 e.